The fraction of sp³-hybridized carbons (Fsp3) is 0.125. The number of anilines is 1. The molecule has 1 aliphatic heterocycles. The van der Waals surface area contributed by atoms with Crippen molar-refractivity contribution < 1.29 is 4.74 Å². The van der Waals surface area contributed by atoms with Crippen LogP contribution >= 0.6 is 0 Å². The van der Waals surface area contributed by atoms with Crippen LogP contribution < -0.4 is 9.64 Å². The molecule has 0 saturated carbocycles. The molecule has 1 aliphatic rings. The van der Waals surface area contributed by atoms with E-state index in [1.165, 1.54) is 11.1 Å². The van der Waals surface area contributed by atoms with Crippen molar-refractivity contribution >= 4 is 11.8 Å². The van der Waals surface area contributed by atoms with Crippen LogP contribution in [0, 0.1) is 0 Å². The third kappa shape index (κ3) is 1.86. The molecule has 0 atom stereocenters. The van der Waals surface area contributed by atoms with Gasteiger partial charge in [-0.2, -0.15) is 0 Å². The van der Waals surface area contributed by atoms with Crippen LogP contribution in [-0.2, 0) is 6.54 Å². The summed E-state index contributed by atoms with van der Waals surface area (Å²) in [5.41, 5.74) is 3.74. The number of rotatable bonds is 2. The van der Waals surface area contributed by atoms with Gasteiger partial charge >= 0.3 is 0 Å². The van der Waals surface area contributed by atoms with Crippen LogP contribution in [0.25, 0.3) is 6.08 Å². The Morgan fingerprint density at radius 1 is 1.00 bits per heavy atom. The van der Waals surface area contributed by atoms with E-state index in [-0.39, 0.29) is 0 Å². The number of fused-ring (bicyclic) bond motifs is 1. The smallest absolute Gasteiger partial charge is 0.142 e. The molecule has 2 aromatic carbocycles. The molecular weight excluding hydrogens is 222 g/mol. The molecule has 0 unspecified atom stereocenters. The van der Waals surface area contributed by atoms with E-state index in [1.807, 2.05) is 18.2 Å². The van der Waals surface area contributed by atoms with Crippen molar-refractivity contribution in [3.8, 4) is 5.75 Å². The largest absolute Gasteiger partial charge is 0.495 e. The molecular formula is C16H15NO. The predicted octanol–water partition coefficient (Wildman–Crippen LogP) is 3.69. The van der Waals surface area contributed by atoms with Gasteiger partial charge in [-0.1, -0.05) is 36.4 Å². The standard InChI is InChI=1S/C16H15NO/c1-18-16-9-5-4-8-15(16)17-11-10-13-6-2-3-7-14(13)12-17/h2-11H,12H2,1H3. The Morgan fingerprint density at radius 2 is 1.78 bits per heavy atom. The lowest BCUT2D eigenvalue weighted by Gasteiger charge is -2.26. The van der Waals surface area contributed by atoms with Crippen LogP contribution in [0.5, 0.6) is 5.75 Å². The summed E-state index contributed by atoms with van der Waals surface area (Å²) in [4.78, 5) is 2.21. The number of hydrogen-bond donors (Lipinski definition) is 0. The fourth-order valence-electron chi connectivity index (χ4n) is 2.28. The monoisotopic (exact) mass is 237 g/mol. The maximum absolute atomic E-state index is 5.41. The molecule has 0 N–H and O–H groups in total. The SMILES string of the molecule is COc1ccccc1N1C=Cc2ccccc2C1. The van der Waals surface area contributed by atoms with E-state index in [9.17, 15) is 0 Å². The highest BCUT2D eigenvalue weighted by molar-refractivity contribution is 5.67. The second-order valence-electron chi connectivity index (χ2n) is 4.31. The molecule has 0 spiro atoms. The fourth-order valence-corrected chi connectivity index (χ4v) is 2.28. The van der Waals surface area contributed by atoms with Crippen LogP contribution in [0.3, 0.4) is 0 Å². The van der Waals surface area contributed by atoms with Gasteiger partial charge in [0.2, 0.25) is 0 Å². The Bertz CT molecular complexity index is 589. The van der Waals surface area contributed by atoms with E-state index in [0.29, 0.717) is 0 Å². The molecule has 0 bridgehead atoms. The predicted molar refractivity (Wildman–Crippen MR) is 74.7 cm³/mol. The highest BCUT2D eigenvalue weighted by Crippen LogP contribution is 2.32. The first kappa shape index (κ1) is 10.9. The average molecular weight is 237 g/mol. The lowest BCUT2D eigenvalue weighted by atomic mass is 10.0. The van der Waals surface area contributed by atoms with Gasteiger partial charge in [0.1, 0.15) is 5.75 Å². The lowest BCUT2D eigenvalue weighted by Crippen LogP contribution is -2.19. The summed E-state index contributed by atoms with van der Waals surface area (Å²) < 4.78 is 5.41. The molecule has 1 heterocycles. The highest BCUT2D eigenvalue weighted by atomic mass is 16.5. The lowest BCUT2D eigenvalue weighted by molar-refractivity contribution is 0.415. The van der Waals surface area contributed by atoms with E-state index < -0.39 is 0 Å². The zero-order valence-corrected chi connectivity index (χ0v) is 10.3. The molecule has 0 amide bonds. The van der Waals surface area contributed by atoms with E-state index >= 15 is 0 Å². The summed E-state index contributed by atoms with van der Waals surface area (Å²) >= 11 is 0. The topological polar surface area (TPSA) is 12.5 Å². The molecule has 2 aromatic rings. The third-order valence-electron chi connectivity index (χ3n) is 3.22. The minimum absolute atomic E-state index is 0.882. The summed E-state index contributed by atoms with van der Waals surface area (Å²) in [5.74, 6) is 0.904. The van der Waals surface area contributed by atoms with Crippen molar-refractivity contribution in [2.45, 2.75) is 6.54 Å². The van der Waals surface area contributed by atoms with Gasteiger partial charge in [0.15, 0.2) is 0 Å². The number of nitrogens with zero attached hydrogens (tertiary/aromatic N) is 1. The van der Waals surface area contributed by atoms with Crippen molar-refractivity contribution in [1.29, 1.82) is 0 Å². The van der Waals surface area contributed by atoms with Crippen molar-refractivity contribution in [1.82, 2.24) is 0 Å². The molecule has 2 nitrogen and oxygen atoms in total. The van der Waals surface area contributed by atoms with Crippen molar-refractivity contribution in [2.75, 3.05) is 12.0 Å². The number of methoxy groups -OCH3 is 1. The Labute approximate surface area is 107 Å². The van der Waals surface area contributed by atoms with Gasteiger partial charge in [-0.25, -0.2) is 0 Å². The van der Waals surface area contributed by atoms with E-state index in [1.54, 1.807) is 7.11 Å². The van der Waals surface area contributed by atoms with Gasteiger partial charge in [-0.3, -0.25) is 0 Å². The van der Waals surface area contributed by atoms with Crippen LogP contribution in [0.1, 0.15) is 11.1 Å². The third-order valence-corrected chi connectivity index (χ3v) is 3.22. The normalized spacial score (nSPS) is 13.3. The van der Waals surface area contributed by atoms with Gasteiger partial charge < -0.3 is 9.64 Å². The first-order valence-electron chi connectivity index (χ1n) is 6.04. The molecule has 0 fully saturated rings. The Kier molecular flexibility index (Phi) is 2.77. The van der Waals surface area contributed by atoms with Crippen LogP contribution in [-0.4, -0.2) is 7.11 Å². The first-order chi connectivity index (χ1) is 8.88. The van der Waals surface area contributed by atoms with E-state index in [0.717, 1.165) is 18.0 Å². The summed E-state index contributed by atoms with van der Waals surface area (Å²) in [6.07, 6.45) is 4.26. The minimum Gasteiger partial charge on any atom is -0.495 e. The molecule has 90 valence electrons. The second kappa shape index (κ2) is 4.57. The van der Waals surface area contributed by atoms with Crippen LogP contribution in [0.15, 0.2) is 54.7 Å². The molecule has 18 heavy (non-hydrogen) atoms. The summed E-state index contributed by atoms with van der Waals surface area (Å²) in [7, 11) is 1.71. The van der Waals surface area contributed by atoms with Gasteiger partial charge in [0.05, 0.1) is 12.8 Å². The Balaban J connectivity index is 1.97. The quantitative estimate of drug-likeness (QED) is 0.790. The number of para-hydroxylation sites is 2. The second-order valence-corrected chi connectivity index (χ2v) is 4.31. The van der Waals surface area contributed by atoms with Crippen molar-refractivity contribution in [3.05, 3.63) is 65.9 Å². The van der Waals surface area contributed by atoms with E-state index in [2.05, 4.69) is 47.5 Å². The zero-order chi connectivity index (χ0) is 12.4. The zero-order valence-electron chi connectivity index (χ0n) is 10.3. The van der Waals surface area contributed by atoms with Gasteiger partial charge in [0, 0.05) is 12.7 Å². The van der Waals surface area contributed by atoms with Crippen molar-refractivity contribution in [2.24, 2.45) is 0 Å². The van der Waals surface area contributed by atoms with Crippen LogP contribution in [0.2, 0.25) is 0 Å². The average Bonchev–Trinajstić information content (AvgIpc) is 2.46. The number of ether oxygens (including phenoxy) is 1. The summed E-state index contributed by atoms with van der Waals surface area (Å²) in [6.45, 7) is 0.882. The molecule has 0 saturated heterocycles. The molecule has 0 aromatic heterocycles. The van der Waals surface area contributed by atoms with Gasteiger partial charge in [-0.05, 0) is 29.3 Å². The Hall–Kier alpha value is -2.22. The van der Waals surface area contributed by atoms with Crippen LogP contribution in [0.4, 0.5) is 5.69 Å². The Morgan fingerprint density at radius 3 is 2.67 bits per heavy atom. The maximum atomic E-state index is 5.41. The molecule has 0 radical (unpaired) electrons. The van der Waals surface area contributed by atoms with Gasteiger partial charge in [0.25, 0.3) is 0 Å². The van der Waals surface area contributed by atoms with E-state index in [4.69, 9.17) is 4.74 Å². The number of benzene rings is 2. The maximum Gasteiger partial charge on any atom is 0.142 e. The summed E-state index contributed by atoms with van der Waals surface area (Å²) in [5, 5.41) is 0. The molecule has 2 heteroatoms. The molecule has 0 aliphatic carbocycles. The first-order valence-corrected chi connectivity index (χ1v) is 6.04. The molecule has 3 rings (SSSR count). The summed E-state index contributed by atoms with van der Waals surface area (Å²) in [6, 6.07) is 16.6. The highest BCUT2D eigenvalue weighted by Gasteiger charge is 2.14. The number of hydrogen-bond acceptors (Lipinski definition) is 2. The van der Waals surface area contributed by atoms with Gasteiger partial charge in [-0.15, -0.1) is 0 Å². The van der Waals surface area contributed by atoms with Crippen molar-refractivity contribution in [3.63, 3.8) is 0 Å². The minimum atomic E-state index is 0.882.